The Hall–Kier alpha value is -3.87. The zero-order chi connectivity index (χ0) is 20.8. The molecule has 2 atom stereocenters. The Bertz CT molecular complexity index is 1020. The molecule has 2 aliphatic rings. The largest absolute Gasteiger partial charge is 0.397 e. The van der Waals surface area contributed by atoms with E-state index in [0.29, 0.717) is 30.3 Å². The van der Waals surface area contributed by atoms with Gasteiger partial charge in [-0.25, -0.2) is 4.99 Å². The van der Waals surface area contributed by atoms with Crippen LogP contribution in [0, 0.1) is 5.92 Å². The first-order valence-corrected chi connectivity index (χ1v) is 9.86. The summed E-state index contributed by atoms with van der Waals surface area (Å²) in [4.78, 5) is 21.3. The molecule has 4 rings (SSSR count). The zero-order valence-corrected chi connectivity index (χ0v) is 16.5. The fourth-order valence-electron chi connectivity index (χ4n) is 3.29. The van der Waals surface area contributed by atoms with Crippen molar-refractivity contribution in [2.45, 2.75) is 12.5 Å². The lowest BCUT2D eigenvalue weighted by molar-refractivity contribution is -0.118. The van der Waals surface area contributed by atoms with Crippen molar-refractivity contribution in [2.75, 3.05) is 17.6 Å². The lowest BCUT2D eigenvalue weighted by Crippen LogP contribution is -2.40. The van der Waals surface area contributed by atoms with E-state index in [2.05, 4.69) is 32.0 Å². The third-order valence-electron chi connectivity index (χ3n) is 5.00. The summed E-state index contributed by atoms with van der Waals surface area (Å²) in [5, 5.41) is 9.38. The molecule has 2 aromatic rings. The van der Waals surface area contributed by atoms with Crippen LogP contribution in [0.1, 0.15) is 18.0 Å². The van der Waals surface area contributed by atoms with E-state index in [4.69, 9.17) is 5.73 Å². The van der Waals surface area contributed by atoms with Gasteiger partial charge in [-0.15, -0.1) is 0 Å². The van der Waals surface area contributed by atoms with Crippen LogP contribution in [0.3, 0.4) is 0 Å². The van der Waals surface area contributed by atoms with Gasteiger partial charge in [0.15, 0.2) is 5.96 Å². The highest BCUT2D eigenvalue weighted by molar-refractivity contribution is 5.96. The molecule has 0 radical (unpaired) electrons. The first-order chi connectivity index (χ1) is 14.7. The minimum absolute atomic E-state index is 0.0353. The van der Waals surface area contributed by atoms with Crippen molar-refractivity contribution in [2.24, 2.45) is 10.9 Å². The Morgan fingerprint density at radius 3 is 2.90 bits per heavy atom. The van der Waals surface area contributed by atoms with E-state index in [1.165, 1.54) is 0 Å². The molecular formula is C23H24N6O. The fourth-order valence-corrected chi connectivity index (χ4v) is 3.29. The van der Waals surface area contributed by atoms with Gasteiger partial charge in [-0.05, 0) is 41.8 Å². The van der Waals surface area contributed by atoms with Crippen LogP contribution in [0.25, 0.3) is 0 Å². The zero-order valence-electron chi connectivity index (χ0n) is 16.5. The van der Waals surface area contributed by atoms with E-state index in [1.54, 1.807) is 18.3 Å². The average Bonchev–Trinajstić information content (AvgIpc) is 2.80. The van der Waals surface area contributed by atoms with Crippen LogP contribution in [0.15, 0.2) is 89.9 Å². The van der Waals surface area contributed by atoms with Crippen molar-refractivity contribution < 1.29 is 4.79 Å². The minimum Gasteiger partial charge on any atom is -0.397 e. The molecule has 1 aliphatic carbocycles. The van der Waals surface area contributed by atoms with E-state index in [-0.39, 0.29) is 17.9 Å². The number of pyridine rings is 1. The summed E-state index contributed by atoms with van der Waals surface area (Å²) < 4.78 is 0. The Kier molecular flexibility index (Phi) is 5.89. The molecule has 1 aliphatic heterocycles. The number of carbonyl (C=O) groups is 1. The first-order valence-electron chi connectivity index (χ1n) is 9.86. The number of hydrogen-bond donors (Lipinski definition) is 4. The third-order valence-corrected chi connectivity index (χ3v) is 5.00. The second kappa shape index (κ2) is 9.09. The molecule has 2 heterocycles. The summed E-state index contributed by atoms with van der Waals surface area (Å²) >= 11 is 0. The van der Waals surface area contributed by atoms with Gasteiger partial charge < -0.3 is 21.7 Å². The van der Waals surface area contributed by atoms with E-state index >= 15 is 0 Å². The molecular weight excluding hydrogens is 376 g/mol. The molecule has 7 heteroatoms. The number of amides is 1. The number of anilines is 2. The quantitative estimate of drug-likeness (QED) is 0.578. The average molecular weight is 400 g/mol. The van der Waals surface area contributed by atoms with E-state index in [9.17, 15) is 4.79 Å². The second-order valence-corrected chi connectivity index (χ2v) is 7.13. The minimum atomic E-state index is -0.218. The molecule has 30 heavy (non-hydrogen) atoms. The number of rotatable bonds is 5. The Morgan fingerprint density at radius 2 is 2.13 bits per heavy atom. The number of nitrogens with zero attached hydrogens (tertiary/aromatic N) is 2. The van der Waals surface area contributed by atoms with Gasteiger partial charge in [-0.3, -0.25) is 9.78 Å². The van der Waals surface area contributed by atoms with Crippen LogP contribution in [0.4, 0.5) is 11.4 Å². The predicted molar refractivity (Wildman–Crippen MR) is 120 cm³/mol. The Morgan fingerprint density at radius 1 is 1.23 bits per heavy atom. The molecule has 0 spiro atoms. The normalized spacial score (nSPS) is 21.5. The second-order valence-electron chi connectivity index (χ2n) is 7.13. The van der Waals surface area contributed by atoms with Crippen LogP contribution in [-0.2, 0) is 4.79 Å². The standard InChI is InChI=1S/C23H24N6O/c24-19-5-1-2-6-21(19)28-22(30)17-9-7-16(8-10-17)14-27-23-26-13-11-20(29-23)18-4-3-12-25-15-18/h1-9,11-13,15,17,20H,10,14,24H2,(H,28,30)(H2,26,27,29). The number of aromatic nitrogens is 1. The third kappa shape index (κ3) is 4.75. The predicted octanol–water partition coefficient (Wildman–Crippen LogP) is 2.91. The summed E-state index contributed by atoms with van der Waals surface area (Å²) in [5.74, 6) is 0.427. The molecule has 0 saturated heterocycles. The van der Waals surface area contributed by atoms with Gasteiger partial charge >= 0.3 is 0 Å². The highest BCUT2D eigenvalue weighted by Gasteiger charge is 2.18. The lowest BCUT2D eigenvalue weighted by atomic mass is 9.96. The van der Waals surface area contributed by atoms with Gasteiger partial charge in [0, 0.05) is 18.6 Å². The summed E-state index contributed by atoms with van der Waals surface area (Å²) in [5.41, 5.74) is 9.25. The lowest BCUT2D eigenvalue weighted by Gasteiger charge is -2.22. The van der Waals surface area contributed by atoms with Crippen LogP contribution < -0.4 is 21.7 Å². The highest BCUT2D eigenvalue weighted by Crippen LogP contribution is 2.22. The van der Waals surface area contributed by atoms with Crippen molar-refractivity contribution in [3.8, 4) is 0 Å². The monoisotopic (exact) mass is 400 g/mol. The fraction of sp³-hybridized carbons (Fsp3) is 0.174. The van der Waals surface area contributed by atoms with Crippen molar-refractivity contribution >= 4 is 23.2 Å². The molecule has 0 fully saturated rings. The number of para-hydroxylation sites is 2. The summed E-state index contributed by atoms with van der Waals surface area (Å²) in [6.45, 7) is 0.527. The maximum absolute atomic E-state index is 12.5. The topological polar surface area (TPSA) is 104 Å². The van der Waals surface area contributed by atoms with Crippen molar-refractivity contribution in [1.82, 2.24) is 15.6 Å². The summed E-state index contributed by atoms with van der Waals surface area (Å²) in [6.07, 6.45) is 14.1. The van der Waals surface area contributed by atoms with Gasteiger partial charge in [-0.2, -0.15) is 0 Å². The van der Waals surface area contributed by atoms with E-state index in [0.717, 1.165) is 11.1 Å². The molecule has 0 bridgehead atoms. The first kappa shape index (κ1) is 19.4. The molecule has 1 aromatic heterocycles. The van der Waals surface area contributed by atoms with Crippen molar-refractivity contribution in [3.05, 3.63) is 90.4 Å². The summed E-state index contributed by atoms with van der Waals surface area (Å²) in [7, 11) is 0. The highest BCUT2D eigenvalue weighted by atomic mass is 16.1. The number of nitrogens with two attached hydrogens (primary N) is 1. The van der Waals surface area contributed by atoms with Crippen LogP contribution >= 0.6 is 0 Å². The maximum atomic E-state index is 12.5. The van der Waals surface area contributed by atoms with Crippen LogP contribution in [-0.4, -0.2) is 23.4 Å². The van der Waals surface area contributed by atoms with Crippen molar-refractivity contribution in [1.29, 1.82) is 0 Å². The van der Waals surface area contributed by atoms with E-state index < -0.39 is 0 Å². The smallest absolute Gasteiger partial charge is 0.231 e. The molecule has 7 nitrogen and oxygen atoms in total. The number of aliphatic imine (C=N–C) groups is 1. The molecule has 2 unspecified atom stereocenters. The van der Waals surface area contributed by atoms with Gasteiger partial charge in [0.2, 0.25) is 5.91 Å². The molecule has 1 amide bonds. The van der Waals surface area contributed by atoms with Gasteiger partial charge in [0.05, 0.1) is 29.9 Å². The molecule has 0 saturated carbocycles. The Balaban J connectivity index is 1.31. The number of nitrogen functional groups attached to an aromatic ring is 1. The number of guanidine groups is 1. The number of carbonyl (C=O) groups excluding carboxylic acids is 1. The van der Waals surface area contributed by atoms with Crippen LogP contribution in [0.2, 0.25) is 0 Å². The molecule has 5 N–H and O–H groups in total. The molecule has 1 aromatic carbocycles. The van der Waals surface area contributed by atoms with Gasteiger partial charge in [-0.1, -0.05) is 36.4 Å². The number of benzene rings is 1. The van der Waals surface area contributed by atoms with Gasteiger partial charge in [0.25, 0.3) is 0 Å². The maximum Gasteiger partial charge on any atom is 0.231 e. The number of allylic oxidation sites excluding steroid dienone is 1. The van der Waals surface area contributed by atoms with E-state index in [1.807, 2.05) is 54.9 Å². The Labute approximate surface area is 175 Å². The number of nitrogens with one attached hydrogen (secondary N) is 3. The van der Waals surface area contributed by atoms with Crippen LogP contribution in [0.5, 0.6) is 0 Å². The summed E-state index contributed by atoms with van der Waals surface area (Å²) in [6, 6.07) is 11.2. The van der Waals surface area contributed by atoms with Crippen molar-refractivity contribution in [3.63, 3.8) is 0 Å². The number of hydrogen-bond acceptors (Lipinski definition) is 4. The van der Waals surface area contributed by atoms with Gasteiger partial charge in [0.1, 0.15) is 0 Å². The molecule has 152 valence electrons. The SMILES string of the molecule is Nc1ccccc1NC(=O)C1C=CC(CN=C2NC=CC(c3cccnc3)N2)=CC1.